The molecule has 1 aromatic heterocycles. The Kier molecular flexibility index (Phi) is 6.38. The molecule has 3 aromatic rings. The lowest BCUT2D eigenvalue weighted by molar-refractivity contribution is -0.114. The van der Waals surface area contributed by atoms with Gasteiger partial charge in [0, 0.05) is 31.3 Å². The molecule has 3 rings (SSSR count). The predicted octanol–water partition coefficient (Wildman–Crippen LogP) is 3.11. The minimum absolute atomic E-state index is 0.0170. The normalized spacial score (nSPS) is 10.8. The summed E-state index contributed by atoms with van der Waals surface area (Å²) in [5, 5.41) is 2.62. The highest BCUT2D eigenvalue weighted by atomic mass is 32.2. The van der Waals surface area contributed by atoms with Gasteiger partial charge in [-0.2, -0.15) is 0 Å². The molecule has 0 unspecified atom stereocenters. The molecule has 7 nitrogen and oxygen atoms in total. The van der Waals surface area contributed by atoms with Gasteiger partial charge in [0.2, 0.25) is 16.8 Å². The van der Waals surface area contributed by atoms with Crippen LogP contribution in [0.25, 0.3) is 11.1 Å². The Morgan fingerprint density at radius 2 is 1.83 bits per heavy atom. The molecule has 0 spiro atoms. The number of halogens is 2. The number of carbonyl (C=O) groups is 1. The fourth-order valence-electron chi connectivity index (χ4n) is 2.92. The van der Waals surface area contributed by atoms with Crippen molar-refractivity contribution in [2.75, 3.05) is 9.62 Å². The lowest BCUT2D eigenvalue weighted by atomic mass is 10.0. The third kappa shape index (κ3) is 4.61. The zero-order valence-electron chi connectivity index (χ0n) is 15.8. The van der Waals surface area contributed by atoms with Crippen molar-refractivity contribution >= 4 is 33.9 Å². The van der Waals surface area contributed by atoms with E-state index in [9.17, 15) is 22.0 Å². The first-order valence-corrected chi connectivity index (χ1v) is 9.88. The van der Waals surface area contributed by atoms with E-state index in [0.29, 0.717) is 22.4 Å². The number of nitrogens with one attached hydrogen (secondary N) is 1. The SMILES string of the molecule is CC(=O)Nc1cncc(-c2ccc(CN)c(N(c3ccc(F)c(F)c3)[SH](=O)=O)c2)c1. The summed E-state index contributed by atoms with van der Waals surface area (Å²) in [6, 6.07) is 9.41. The molecule has 2 aromatic carbocycles. The quantitative estimate of drug-likeness (QED) is 0.519. The maximum absolute atomic E-state index is 13.7. The Labute approximate surface area is 173 Å². The summed E-state index contributed by atoms with van der Waals surface area (Å²) in [5.41, 5.74) is 8.05. The molecule has 1 heterocycles. The van der Waals surface area contributed by atoms with Crippen LogP contribution in [0.1, 0.15) is 12.5 Å². The van der Waals surface area contributed by atoms with E-state index < -0.39 is 22.5 Å². The predicted molar refractivity (Wildman–Crippen MR) is 111 cm³/mol. The van der Waals surface area contributed by atoms with Crippen LogP contribution in [0.4, 0.5) is 25.8 Å². The first-order chi connectivity index (χ1) is 14.3. The van der Waals surface area contributed by atoms with Crippen molar-refractivity contribution in [2.24, 2.45) is 5.73 Å². The average Bonchev–Trinajstić information content (AvgIpc) is 2.70. The van der Waals surface area contributed by atoms with Gasteiger partial charge in [-0.05, 0) is 35.4 Å². The van der Waals surface area contributed by atoms with Crippen LogP contribution in [0, 0.1) is 11.6 Å². The summed E-state index contributed by atoms with van der Waals surface area (Å²) in [5.74, 6) is -2.53. The third-order valence-electron chi connectivity index (χ3n) is 4.24. The summed E-state index contributed by atoms with van der Waals surface area (Å²) in [7, 11) is -3.24. The molecule has 0 radical (unpaired) electrons. The minimum atomic E-state index is -3.24. The molecule has 0 aliphatic carbocycles. The highest BCUT2D eigenvalue weighted by Crippen LogP contribution is 2.34. The molecule has 0 fully saturated rings. The second kappa shape index (κ2) is 8.97. The minimum Gasteiger partial charge on any atom is -0.326 e. The topological polar surface area (TPSA) is 105 Å². The van der Waals surface area contributed by atoms with E-state index in [2.05, 4.69) is 10.3 Å². The lowest BCUT2D eigenvalue weighted by Gasteiger charge is -2.22. The Bertz CT molecular complexity index is 1180. The molecule has 0 saturated carbocycles. The molecule has 0 aliphatic rings. The van der Waals surface area contributed by atoms with E-state index in [1.54, 1.807) is 30.5 Å². The second-order valence-electron chi connectivity index (χ2n) is 6.34. The Hall–Kier alpha value is -3.37. The van der Waals surface area contributed by atoms with Crippen LogP contribution in [0.5, 0.6) is 0 Å². The van der Waals surface area contributed by atoms with Gasteiger partial charge in [-0.25, -0.2) is 21.5 Å². The number of benzene rings is 2. The van der Waals surface area contributed by atoms with Gasteiger partial charge in [-0.3, -0.25) is 9.78 Å². The van der Waals surface area contributed by atoms with Crippen molar-refractivity contribution in [3.63, 3.8) is 0 Å². The van der Waals surface area contributed by atoms with E-state index in [-0.39, 0.29) is 23.8 Å². The first-order valence-electron chi connectivity index (χ1n) is 8.75. The zero-order valence-corrected chi connectivity index (χ0v) is 16.7. The largest absolute Gasteiger partial charge is 0.326 e. The highest BCUT2D eigenvalue weighted by Gasteiger charge is 2.18. The van der Waals surface area contributed by atoms with E-state index in [4.69, 9.17) is 5.73 Å². The number of amides is 1. The van der Waals surface area contributed by atoms with Crippen LogP contribution < -0.4 is 15.4 Å². The number of carbonyl (C=O) groups excluding carboxylic acids is 1. The van der Waals surface area contributed by atoms with E-state index >= 15 is 0 Å². The van der Waals surface area contributed by atoms with Gasteiger partial charge in [-0.1, -0.05) is 12.1 Å². The highest BCUT2D eigenvalue weighted by molar-refractivity contribution is 7.74. The van der Waals surface area contributed by atoms with E-state index in [1.165, 1.54) is 13.1 Å². The maximum atomic E-state index is 13.7. The van der Waals surface area contributed by atoms with Crippen molar-refractivity contribution in [3.8, 4) is 11.1 Å². The number of hydrogen-bond acceptors (Lipinski definition) is 5. The molecule has 0 bridgehead atoms. The van der Waals surface area contributed by atoms with Crippen molar-refractivity contribution in [1.29, 1.82) is 0 Å². The number of thiol groups is 1. The molecule has 0 saturated heterocycles. The van der Waals surface area contributed by atoms with Gasteiger partial charge in [0.05, 0.1) is 23.3 Å². The number of nitrogens with zero attached hydrogens (tertiary/aromatic N) is 2. The van der Waals surface area contributed by atoms with Crippen LogP contribution in [-0.4, -0.2) is 19.3 Å². The molecule has 10 heteroatoms. The molecular formula is C20H18F2N4O3S. The van der Waals surface area contributed by atoms with Crippen LogP contribution >= 0.6 is 0 Å². The fourth-order valence-corrected chi connectivity index (χ4v) is 3.60. The number of aromatic nitrogens is 1. The van der Waals surface area contributed by atoms with Crippen LogP contribution in [0.3, 0.4) is 0 Å². The summed E-state index contributed by atoms with van der Waals surface area (Å²) in [4.78, 5) is 15.4. The summed E-state index contributed by atoms with van der Waals surface area (Å²) >= 11 is 0. The van der Waals surface area contributed by atoms with Crippen molar-refractivity contribution in [3.05, 3.63) is 72.1 Å². The summed E-state index contributed by atoms with van der Waals surface area (Å²) in [6.45, 7) is 1.38. The van der Waals surface area contributed by atoms with Gasteiger partial charge in [0.15, 0.2) is 11.6 Å². The number of anilines is 3. The van der Waals surface area contributed by atoms with Crippen LogP contribution in [-0.2, 0) is 22.2 Å². The van der Waals surface area contributed by atoms with E-state index in [0.717, 1.165) is 22.5 Å². The van der Waals surface area contributed by atoms with Crippen LogP contribution in [0.2, 0.25) is 0 Å². The number of hydrogen-bond donors (Lipinski definition) is 3. The summed E-state index contributed by atoms with van der Waals surface area (Å²) in [6.07, 6.45) is 3.02. The van der Waals surface area contributed by atoms with Gasteiger partial charge in [-0.15, -0.1) is 0 Å². The lowest BCUT2D eigenvalue weighted by Crippen LogP contribution is -2.18. The van der Waals surface area contributed by atoms with Crippen molar-refractivity contribution < 1.29 is 22.0 Å². The molecular weight excluding hydrogens is 414 g/mol. The maximum Gasteiger partial charge on any atom is 0.229 e. The molecule has 3 N–H and O–H groups in total. The molecule has 0 aliphatic heterocycles. The number of pyridine rings is 1. The van der Waals surface area contributed by atoms with Crippen LogP contribution in [0.15, 0.2) is 54.9 Å². The van der Waals surface area contributed by atoms with Gasteiger partial charge in [0.1, 0.15) is 0 Å². The zero-order chi connectivity index (χ0) is 21.8. The summed E-state index contributed by atoms with van der Waals surface area (Å²) < 4.78 is 52.0. The second-order valence-corrected chi connectivity index (χ2v) is 7.21. The smallest absolute Gasteiger partial charge is 0.229 e. The van der Waals surface area contributed by atoms with Gasteiger partial charge < -0.3 is 11.1 Å². The standard InChI is InChI=1S/C20H18F2N4O3S/c1-12(27)25-16-6-15(10-24-11-16)13-2-3-14(9-23)20(7-13)26(30(28)29)17-4-5-18(21)19(22)8-17/h2-8,10-11,30H,9,23H2,1H3,(H,25,27). The average molecular weight is 432 g/mol. The van der Waals surface area contributed by atoms with Gasteiger partial charge >= 0.3 is 0 Å². The first kappa shape index (κ1) is 21.3. The fraction of sp³-hybridized carbons (Fsp3) is 0.100. The number of nitrogens with two attached hydrogens (primary N) is 1. The third-order valence-corrected chi connectivity index (χ3v) is 5.01. The molecule has 30 heavy (non-hydrogen) atoms. The monoisotopic (exact) mass is 432 g/mol. The Balaban J connectivity index is 2.13. The van der Waals surface area contributed by atoms with E-state index in [1.807, 2.05) is 0 Å². The van der Waals surface area contributed by atoms with Gasteiger partial charge in [0.25, 0.3) is 0 Å². The van der Waals surface area contributed by atoms with Crippen molar-refractivity contribution in [1.82, 2.24) is 4.98 Å². The molecule has 1 amide bonds. The van der Waals surface area contributed by atoms with Crippen molar-refractivity contribution in [2.45, 2.75) is 13.5 Å². The molecule has 0 atom stereocenters. The number of rotatable bonds is 6. The Morgan fingerprint density at radius 3 is 2.47 bits per heavy atom. The Morgan fingerprint density at radius 1 is 1.07 bits per heavy atom. The molecule has 156 valence electrons.